The summed E-state index contributed by atoms with van der Waals surface area (Å²) in [5, 5.41) is 14.3. The third kappa shape index (κ3) is 5.25. The Kier molecular flexibility index (Phi) is 7.42. The van der Waals surface area contributed by atoms with Gasteiger partial charge in [-0.3, -0.25) is 24.4 Å². The largest absolute Gasteiger partial charge is 0.449 e. The van der Waals surface area contributed by atoms with E-state index >= 15 is 0 Å². The number of rotatable bonds is 7. The van der Waals surface area contributed by atoms with Crippen molar-refractivity contribution in [2.24, 2.45) is 7.05 Å². The molecule has 1 atom stereocenters. The molecule has 0 unspecified atom stereocenters. The van der Waals surface area contributed by atoms with Crippen LogP contribution in [0.1, 0.15) is 42.2 Å². The Bertz CT molecular complexity index is 1390. The molecule has 1 fully saturated rings. The molecular weight excluding hydrogens is 478 g/mol. The molecular formula is C26H29N5O6. The van der Waals surface area contributed by atoms with Crippen molar-refractivity contribution in [1.29, 1.82) is 0 Å². The number of nitrogens with one attached hydrogen (secondary N) is 1. The number of amides is 1. The number of para-hydroxylation sites is 1. The summed E-state index contributed by atoms with van der Waals surface area (Å²) >= 11 is 0. The monoisotopic (exact) mass is 507 g/mol. The van der Waals surface area contributed by atoms with E-state index in [0.717, 1.165) is 19.3 Å². The van der Waals surface area contributed by atoms with Gasteiger partial charge in [-0.15, -0.1) is 0 Å². The van der Waals surface area contributed by atoms with Gasteiger partial charge in [-0.05, 0) is 57.4 Å². The van der Waals surface area contributed by atoms with E-state index in [-0.39, 0.29) is 16.9 Å². The third-order valence-electron chi connectivity index (χ3n) is 6.56. The molecule has 0 spiro atoms. The Morgan fingerprint density at radius 3 is 2.41 bits per heavy atom. The minimum absolute atomic E-state index is 0.0329. The molecule has 1 saturated heterocycles. The van der Waals surface area contributed by atoms with Crippen LogP contribution < -0.4 is 15.8 Å². The van der Waals surface area contributed by atoms with Crippen LogP contribution in [0.25, 0.3) is 5.69 Å². The molecule has 4 rings (SSSR count). The zero-order valence-electron chi connectivity index (χ0n) is 21.0. The van der Waals surface area contributed by atoms with Gasteiger partial charge in [0.15, 0.2) is 6.10 Å². The predicted molar refractivity (Wildman–Crippen MR) is 138 cm³/mol. The van der Waals surface area contributed by atoms with Gasteiger partial charge in [0.2, 0.25) is 0 Å². The van der Waals surface area contributed by atoms with Gasteiger partial charge in [-0.2, -0.15) is 0 Å². The Hall–Kier alpha value is -4.41. The molecule has 11 heteroatoms. The topological polar surface area (TPSA) is 129 Å². The molecule has 0 aliphatic carbocycles. The van der Waals surface area contributed by atoms with Crippen molar-refractivity contribution in [1.82, 2.24) is 9.36 Å². The highest BCUT2D eigenvalue weighted by Gasteiger charge is 2.27. The molecule has 0 bridgehead atoms. The molecule has 11 nitrogen and oxygen atoms in total. The molecule has 37 heavy (non-hydrogen) atoms. The zero-order chi connectivity index (χ0) is 26.7. The third-order valence-corrected chi connectivity index (χ3v) is 6.56. The first-order valence-corrected chi connectivity index (χ1v) is 12.1. The first-order valence-electron chi connectivity index (χ1n) is 12.1. The summed E-state index contributed by atoms with van der Waals surface area (Å²) in [5.74, 6) is -1.57. The maximum atomic E-state index is 13.0. The van der Waals surface area contributed by atoms with E-state index in [1.54, 1.807) is 49.0 Å². The number of nitrogens with zero attached hydrogens (tertiary/aromatic N) is 4. The van der Waals surface area contributed by atoms with Gasteiger partial charge >= 0.3 is 5.97 Å². The highest BCUT2D eigenvalue weighted by atomic mass is 16.6. The molecule has 2 aromatic carbocycles. The van der Waals surface area contributed by atoms with E-state index in [1.807, 2.05) is 11.0 Å². The number of carbonyl (C=O) groups is 2. The first-order chi connectivity index (χ1) is 17.7. The van der Waals surface area contributed by atoms with Crippen LogP contribution >= 0.6 is 0 Å². The Morgan fingerprint density at radius 1 is 1.08 bits per heavy atom. The summed E-state index contributed by atoms with van der Waals surface area (Å²) in [6.07, 6.45) is 1.73. The smallest absolute Gasteiger partial charge is 0.339 e. The van der Waals surface area contributed by atoms with Gasteiger partial charge in [-0.1, -0.05) is 18.2 Å². The fraction of sp³-hybridized carbons (Fsp3) is 0.346. The minimum Gasteiger partial charge on any atom is -0.449 e. The van der Waals surface area contributed by atoms with Crippen molar-refractivity contribution in [3.05, 3.63) is 80.3 Å². The van der Waals surface area contributed by atoms with E-state index in [4.69, 9.17) is 4.74 Å². The summed E-state index contributed by atoms with van der Waals surface area (Å²) in [4.78, 5) is 51.7. The number of anilines is 2. The van der Waals surface area contributed by atoms with Crippen LogP contribution in [0, 0.1) is 17.0 Å². The molecule has 1 aliphatic rings. The van der Waals surface area contributed by atoms with E-state index in [9.17, 15) is 24.5 Å². The Morgan fingerprint density at radius 2 is 1.76 bits per heavy atom. The maximum Gasteiger partial charge on any atom is 0.339 e. The van der Waals surface area contributed by atoms with Crippen LogP contribution in [0.4, 0.5) is 17.1 Å². The highest BCUT2D eigenvalue weighted by Crippen LogP contribution is 2.31. The van der Waals surface area contributed by atoms with E-state index in [0.29, 0.717) is 30.2 Å². The van der Waals surface area contributed by atoms with Crippen LogP contribution in [0.15, 0.2) is 53.3 Å². The van der Waals surface area contributed by atoms with Gasteiger partial charge in [0.25, 0.3) is 17.2 Å². The first kappa shape index (κ1) is 25.7. The maximum absolute atomic E-state index is 13.0. The number of esters is 1. The summed E-state index contributed by atoms with van der Waals surface area (Å²) in [7, 11) is 1.70. The fourth-order valence-electron chi connectivity index (χ4n) is 4.42. The number of nitro benzene ring substituents is 1. The van der Waals surface area contributed by atoms with Crippen LogP contribution in [0.3, 0.4) is 0 Å². The number of hydrogen-bond donors (Lipinski definition) is 1. The van der Waals surface area contributed by atoms with Crippen molar-refractivity contribution in [3.63, 3.8) is 0 Å². The second kappa shape index (κ2) is 10.7. The molecule has 1 N–H and O–H groups in total. The molecule has 2 heterocycles. The van der Waals surface area contributed by atoms with E-state index in [1.165, 1.54) is 23.7 Å². The summed E-state index contributed by atoms with van der Waals surface area (Å²) in [5.41, 5.74) is 1.03. The molecule has 0 saturated carbocycles. The molecule has 1 amide bonds. The number of ether oxygens (including phenoxy) is 1. The molecule has 3 aromatic rings. The molecule has 1 aliphatic heterocycles. The van der Waals surface area contributed by atoms with Crippen molar-refractivity contribution >= 4 is 28.9 Å². The van der Waals surface area contributed by atoms with Crippen LogP contribution in [0.5, 0.6) is 0 Å². The SMILES string of the molecule is Cc1c(NC(=O)[C@H](C)OC(=O)c2ccc(N3CCCCC3)c([N+](=O)[O-])c2)c(=O)n(-c2ccccc2)n1C. The summed E-state index contributed by atoms with van der Waals surface area (Å²) < 4.78 is 8.33. The van der Waals surface area contributed by atoms with Gasteiger partial charge in [-0.25, -0.2) is 9.48 Å². The predicted octanol–water partition coefficient (Wildman–Crippen LogP) is 3.57. The number of hydrogen-bond acceptors (Lipinski definition) is 7. The van der Waals surface area contributed by atoms with Gasteiger partial charge in [0, 0.05) is 26.2 Å². The lowest BCUT2D eigenvalue weighted by atomic mass is 10.1. The quantitative estimate of drug-likeness (QED) is 0.294. The second-order valence-corrected chi connectivity index (χ2v) is 8.98. The standard InChI is InChI=1S/C26H29N5O6/c1-17-23(25(33)30(28(17)3)20-10-6-4-7-11-20)27-24(32)18(2)37-26(34)19-12-13-21(22(16-19)31(35)36)29-14-8-5-9-15-29/h4,6-7,10-13,16,18H,5,8-9,14-15H2,1-3H3,(H,27,32)/t18-/m0/s1. The highest BCUT2D eigenvalue weighted by molar-refractivity contribution is 5.98. The fourth-order valence-corrected chi connectivity index (χ4v) is 4.42. The van der Waals surface area contributed by atoms with E-state index in [2.05, 4.69) is 5.32 Å². The minimum atomic E-state index is -1.25. The van der Waals surface area contributed by atoms with Crippen molar-refractivity contribution in [2.45, 2.75) is 39.2 Å². The molecule has 194 valence electrons. The van der Waals surface area contributed by atoms with Gasteiger partial charge < -0.3 is 15.0 Å². The molecule has 0 radical (unpaired) electrons. The van der Waals surface area contributed by atoms with E-state index < -0.39 is 28.5 Å². The summed E-state index contributed by atoms with van der Waals surface area (Å²) in [6, 6.07) is 13.2. The van der Waals surface area contributed by atoms with Crippen LogP contribution in [-0.4, -0.2) is 45.4 Å². The van der Waals surface area contributed by atoms with Crippen LogP contribution in [0.2, 0.25) is 0 Å². The Balaban J connectivity index is 1.49. The van der Waals surface area contributed by atoms with Crippen molar-refractivity contribution in [2.75, 3.05) is 23.3 Å². The van der Waals surface area contributed by atoms with Crippen molar-refractivity contribution in [3.8, 4) is 5.69 Å². The molecule has 1 aromatic heterocycles. The lowest BCUT2D eigenvalue weighted by molar-refractivity contribution is -0.384. The number of nitro groups is 1. The second-order valence-electron chi connectivity index (χ2n) is 8.98. The average molecular weight is 508 g/mol. The van der Waals surface area contributed by atoms with Crippen molar-refractivity contribution < 1.29 is 19.2 Å². The summed E-state index contributed by atoms with van der Waals surface area (Å²) in [6.45, 7) is 4.49. The zero-order valence-corrected chi connectivity index (χ0v) is 21.0. The number of piperidine rings is 1. The number of carbonyl (C=O) groups excluding carboxylic acids is 2. The average Bonchev–Trinajstić information content (AvgIpc) is 3.11. The van der Waals surface area contributed by atoms with Gasteiger partial charge in [0.1, 0.15) is 11.4 Å². The van der Waals surface area contributed by atoms with Gasteiger partial charge in [0.05, 0.1) is 21.9 Å². The number of benzene rings is 2. The normalized spacial score (nSPS) is 14.2. The van der Waals surface area contributed by atoms with Crippen LogP contribution in [-0.2, 0) is 16.6 Å². The number of aromatic nitrogens is 2. The lowest BCUT2D eigenvalue weighted by Gasteiger charge is -2.28. The Labute approximate surface area is 213 Å². The lowest BCUT2D eigenvalue weighted by Crippen LogP contribution is -2.32.